The number of anilines is 1. The van der Waals surface area contributed by atoms with Gasteiger partial charge < -0.3 is 20.7 Å². The lowest BCUT2D eigenvalue weighted by Crippen LogP contribution is -2.40. The van der Waals surface area contributed by atoms with Crippen molar-refractivity contribution in [2.45, 2.75) is 58.7 Å². The fraction of sp³-hybridized carbons (Fsp3) is 0.300. The van der Waals surface area contributed by atoms with E-state index in [-0.39, 0.29) is 17.7 Å². The standard InChI is InChI=1S/C30H35N3O4/c1-3-4-6-11-28(35)33-29(30(36)31-20-23-12-16-26(17-13-23)32-22(2)34)25-14-18-27(19-15-25)37-21-24-9-7-5-8-10-24/h5,7-10,12-19,29H,3-4,6,11,20-21H2,1-2H3,(H,31,36)(H,32,34)(H,33,35)/t29-/m0/s1. The third-order valence-corrected chi connectivity index (χ3v) is 5.78. The van der Waals surface area contributed by atoms with Crippen LogP contribution in [-0.4, -0.2) is 17.7 Å². The zero-order valence-electron chi connectivity index (χ0n) is 21.5. The lowest BCUT2D eigenvalue weighted by atomic mass is 10.0. The minimum Gasteiger partial charge on any atom is -0.489 e. The van der Waals surface area contributed by atoms with Crippen molar-refractivity contribution >= 4 is 23.4 Å². The highest BCUT2D eigenvalue weighted by Gasteiger charge is 2.22. The Morgan fingerprint density at radius 3 is 2.19 bits per heavy atom. The molecular formula is C30H35N3O4. The molecule has 0 aromatic heterocycles. The number of hydrogen-bond acceptors (Lipinski definition) is 4. The van der Waals surface area contributed by atoms with Gasteiger partial charge >= 0.3 is 0 Å². The second-order valence-electron chi connectivity index (χ2n) is 8.90. The Morgan fingerprint density at radius 2 is 1.54 bits per heavy atom. The Kier molecular flexibility index (Phi) is 10.7. The predicted molar refractivity (Wildman–Crippen MR) is 145 cm³/mol. The lowest BCUT2D eigenvalue weighted by molar-refractivity contribution is -0.129. The molecule has 1 atom stereocenters. The zero-order valence-corrected chi connectivity index (χ0v) is 21.5. The number of ether oxygens (including phenoxy) is 1. The quantitative estimate of drug-likeness (QED) is 0.278. The number of carbonyl (C=O) groups excluding carboxylic acids is 3. The van der Waals surface area contributed by atoms with Crippen LogP contribution in [0.1, 0.15) is 62.3 Å². The highest BCUT2D eigenvalue weighted by atomic mass is 16.5. The van der Waals surface area contributed by atoms with Gasteiger partial charge in [0.1, 0.15) is 18.4 Å². The van der Waals surface area contributed by atoms with Crippen molar-refractivity contribution in [3.8, 4) is 5.75 Å². The second kappa shape index (κ2) is 14.4. The van der Waals surface area contributed by atoms with Crippen LogP contribution in [0.3, 0.4) is 0 Å². The molecule has 3 aromatic carbocycles. The Balaban J connectivity index is 1.65. The van der Waals surface area contributed by atoms with E-state index in [4.69, 9.17) is 4.74 Å². The molecule has 3 aromatic rings. The van der Waals surface area contributed by atoms with E-state index in [1.165, 1.54) is 6.92 Å². The molecule has 0 radical (unpaired) electrons. The number of rotatable bonds is 13. The van der Waals surface area contributed by atoms with Gasteiger partial charge in [0.05, 0.1) is 0 Å². The van der Waals surface area contributed by atoms with E-state index in [1.54, 1.807) is 24.3 Å². The topological polar surface area (TPSA) is 96.5 Å². The van der Waals surface area contributed by atoms with E-state index in [0.29, 0.717) is 36.6 Å². The molecule has 0 spiro atoms. The predicted octanol–water partition coefficient (Wildman–Crippen LogP) is 5.28. The molecule has 0 saturated carbocycles. The molecule has 0 heterocycles. The van der Waals surface area contributed by atoms with Crippen molar-refractivity contribution in [1.82, 2.24) is 10.6 Å². The molecule has 0 aliphatic carbocycles. The lowest BCUT2D eigenvalue weighted by Gasteiger charge is -2.20. The molecule has 0 saturated heterocycles. The molecule has 0 bridgehead atoms. The highest BCUT2D eigenvalue weighted by molar-refractivity contribution is 5.89. The Hall–Kier alpha value is -4.13. The van der Waals surface area contributed by atoms with Crippen molar-refractivity contribution in [3.63, 3.8) is 0 Å². The SMILES string of the molecule is CCCCCC(=O)N[C@H](C(=O)NCc1ccc(NC(C)=O)cc1)c1ccc(OCc2ccccc2)cc1. The van der Waals surface area contributed by atoms with Gasteiger partial charge in [0.15, 0.2) is 0 Å². The number of benzene rings is 3. The van der Waals surface area contributed by atoms with Crippen molar-refractivity contribution in [2.75, 3.05) is 5.32 Å². The van der Waals surface area contributed by atoms with Crippen molar-refractivity contribution in [1.29, 1.82) is 0 Å². The van der Waals surface area contributed by atoms with Gasteiger partial charge in [-0.25, -0.2) is 0 Å². The molecular weight excluding hydrogens is 466 g/mol. The number of hydrogen-bond donors (Lipinski definition) is 3. The average molecular weight is 502 g/mol. The van der Waals surface area contributed by atoms with Crippen molar-refractivity contribution < 1.29 is 19.1 Å². The summed E-state index contributed by atoms with van der Waals surface area (Å²) in [5, 5.41) is 8.53. The van der Waals surface area contributed by atoms with Gasteiger partial charge in [-0.1, -0.05) is 74.4 Å². The molecule has 0 fully saturated rings. The van der Waals surface area contributed by atoms with E-state index >= 15 is 0 Å². The van der Waals surface area contributed by atoms with Gasteiger partial charge in [-0.15, -0.1) is 0 Å². The second-order valence-corrected chi connectivity index (χ2v) is 8.90. The van der Waals surface area contributed by atoms with Crippen molar-refractivity contribution in [2.24, 2.45) is 0 Å². The van der Waals surface area contributed by atoms with Gasteiger partial charge in [0, 0.05) is 25.6 Å². The van der Waals surface area contributed by atoms with Crippen LogP contribution in [0.25, 0.3) is 0 Å². The van der Waals surface area contributed by atoms with Crippen molar-refractivity contribution in [3.05, 3.63) is 95.6 Å². The Bertz CT molecular complexity index is 1150. The maximum Gasteiger partial charge on any atom is 0.247 e. The van der Waals surface area contributed by atoms with Gasteiger partial charge in [-0.3, -0.25) is 14.4 Å². The largest absolute Gasteiger partial charge is 0.489 e. The summed E-state index contributed by atoms with van der Waals surface area (Å²) in [6.07, 6.45) is 3.14. The summed E-state index contributed by atoms with van der Waals surface area (Å²) < 4.78 is 5.86. The first kappa shape index (κ1) is 27.5. The third-order valence-electron chi connectivity index (χ3n) is 5.78. The van der Waals surface area contributed by atoms with Crippen LogP contribution < -0.4 is 20.7 Å². The summed E-state index contributed by atoms with van der Waals surface area (Å²) in [4.78, 5) is 37.0. The average Bonchev–Trinajstić information content (AvgIpc) is 2.91. The fourth-order valence-corrected chi connectivity index (χ4v) is 3.77. The summed E-state index contributed by atoms with van der Waals surface area (Å²) in [6.45, 7) is 4.27. The summed E-state index contributed by atoms with van der Waals surface area (Å²) in [7, 11) is 0. The minimum atomic E-state index is -0.823. The highest BCUT2D eigenvalue weighted by Crippen LogP contribution is 2.20. The number of unbranched alkanes of at least 4 members (excludes halogenated alkanes) is 2. The van der Waals surface area contributed by atoms with Crippen LogP contribution >= 0.6 is 0 Å². The summed E-state index contributed by atoms with van der Waals surface area (Å²) in [6, 6.07) is 23.5. The van der Waals surface area contributed by atoms with Gasteiger partial charge in [0.2, 0.25) is 17.7 Å². The molecule has 0 unspecified atom stereocenters. The fourth-order valence-electron chi connectivity index (χ4n) is 3.77. The van der Waals surface area contributed by atoms with E-state index in [1.807, 2.05) is 54.6 Å². The van der Waals surface area contributed by atoms with Crippen LogP contribution in [0.4, 0.5) is 5.69 Å². The first-order chi connectivity index (χ1) is 17.9. The zero-order chi connectivity index (χ0) is 26.5. The van der Waals surface area contributed by atoms with Crippen LogP contribution in [-0.2, 0) is 27.5 Å². The normalized spacial score (nSPS) is 11.3. The maximum absolute atomic E-state index is 13.2. The molecule has 194 valence electrons. The molecule has 37 heavy (non-hydrogen) atoms. The number of amides is 3. The summed E-state index contributed by atoms with van der Waals surface area (Å²) in [5.74, 6) is 0.0840. The number of nitrogens with one attached hydrogen (secondary N) is 3. The van der Waals surface area contributed by atoms with E-state index in [9.17, 15) is 14.4 Å². The molecule has 3 rings (SSSR count). The minimum absolute atomic E-state index is 0.143. The van der Waals surface area contributed by atoms with E-state index < -0.39 is 6.04 Å². The first-order valence-corrected chi connectivity index (χ1v) is 12.6. The van der Waals surface area contributed by atoms with Crippen LogP contribution in [0.2, 0.25) is 0 Å². The van der Waals surface area contributed by atoms with E-state index in [2.05, 4.69) is 22.9 Å². The smallest absolute Gasteiger partial charge is 0.247 e. The number of carbonyl (C=O) groups is 3. The molecule has 0 aliphatic heterocycles. The summed E-state index contributed by atoms with van der Waals surface area (Å²) >= 11 is 0. The molecule has 3 N–H and O–H groups in total. The first-order valence-electron chi connectivity index (χ1n) is 12.6. The van der Waals surface area contributed by atoms with Gasteiger partial charge in [-0.2, -0.15) is 0 Å². The third kappa shape index (κ3) is 9.44. The monoisotopic (exact) mass is 501 g/mol. The van der Waals surface area contributed by atoms with E-state index in [0.717, 1.165) is 30.4 Å². The van der Waals surface area contributed by atoms with Crippen LogP contribution in [0.15, 0.2) is 78.9 Å². The van der Waals surface area contributed by atoms with Gasteiger partial charge in [0.25, 0.3) is 0 Å². The van der Waals surface area contributed by atoms with Crippen LogP contribution in [0, 0.1) is 0 Å². The molecule has 0 aliphatic rings. The molecule has 7 heteroatoms. The molecule has 3 amide bonds. The van der Waals surface area contributed by atoms with Crippen LogP contribution in [0.5, 0.6) is 5.75 Å². The maximum atomic E-state index is 13.2. The Morgan fingerprint density at radius 1 is 0.838 bits per heavy atom. The Labute approximate surface area is 218 Å². The molecule has 7 nitrogen and oxygen atoms in total. The van der Waals surface area contributed by atoms with Gasteiger partial charge in [-0.05, 0) is 47.4 Å². The summed E-state index contributed by atoms with van der Waals surface area (Å²) in [5.41, 5.74) is 3.30.